The van der Waals surface area contributed by atoms with Crippen molar-refractivity contribution in [2.24, 2.45) is 5.73 Å². The quantitative estimate of drug-likeness (QED) is 0.659. The Morgan fingerprint density at radius 1 is 1.33 bits per heavy atom. The molecule has 0 saturated heterocycles. The Hall–Kier alpha value is -2.07. The molecule has 2 rings (SSSR count). The lowest BCUT2D eigenvalue weighted by Gasteiger charge is -2.11. The summed E-state index contributed by atoms with van der Waals surface area (Å²) in [6.07, 6.45) is 1.61. The number of halogens is 1. The molecular weight excluding hydrogens is 250 g/mol. The molecule has 0 atom stereocenters. The van der Waals surface area contributed by atoms with Crippen LogP contribution >= 0.6 is 11.6 Å². The molecule has 0 amide bonds. The molecule has 0 bridgehead atoms. The highest BCUT2D eigenvalue weighted by atomic mass is 35.5. The van der Waals surface area contributed by atoms with Gasteiger partial charge in [0.15, 0.2) is 0 Å². The van der Waals surface area contributed by atoms with Crippen LogP contribution in [0.4, 0.5) is 0 Å². The average molecular weight is 262 g/mol. The molecule has 0 spiro atoms. The van der Waals surface area contributed by atoms with E-state index in [-0.39, 0.29) is 5.84 Å². The Balaban J connectivity index is 2.37. The van der Waals surface area contributed by atoms with Crippen molar-refractivity contribution in [3.8, 4) is 11.5 Å². The average Bonchev–Trinajstić information content (AvgIpc) is 2.32. The van der Waals surface area contributed by atoms with Crippen molar-refractivity contribution in [3.63, 3.8) is 0 Å². The van der Waals surface area contributed by atoms with E-state index in [0.717, 1.165) is 5.69 Å². The van der Waals surface area contributed by atoms with Crippen LogP contribution in [-0.4, -0.2) is 10.8 Å². The second-order valence-electron chi connectivity index (χ2n) is 3.76. The van der Waals surface area contributed by atoms with E-state index in [2.05, 4.69) is 4.98 Å². The molecule has 0 fully saturated rings. The number of nitrogens with one attached hydrogen (secondary N) is 1. The number of nitrogen functional groups attached to an aromatic ring is 1. The molecule has 0 aliphatic carbocycles. The van der Waals surface area contributed by atoms with Gasteiger partial charge in [0.1, 0.15) is 17.3 Å². The zero-order valence-corrected chi connectivity index (χ0v) is 10.5. The standard InChI is InChI=1S/C13H12ClN3O/c1-8-5-6-9(7-17-8)18-11-4-2-3-10(14)12(11)13(15)16/h2-7H,1H3,(H3,15,16). The SMILES string of the molecule is Cc1ccc(Oc2cccc(Cl)c2C(=N)N)cn1. The second-order valence-corrected chi connectivity index (χ2v) is 4.17. The Morgan fingerprint density at radius 2 is 2.11 bits per heavy atom. The van der Waals surface area contributed by atoms with Crippen molar-refractivity contribution in [1.82, 2.24) is 4.98 Å². The normalized spacial score (nSPS) is 10.1. The van der Waals surface area contributed by atoms with Gasteiger partial charge in [-0.15, -0.1) is 0 Å². The first kappa shape index (κ1) is 12.4. The maximum Gasteiger partial charge on any atom is 0.145 e. The lowest BCUT2D eigenvalue weighted by atomic mass is 10.2. The van der Waals surface area contributed by atoms with Gasteiger partial charge in [0, 0.05) is 5.69 Å². The molecule has 1 aromatic heterocycles. The molecular formula is C13H12ClN3O. The van der Waals surface area contributed by atoms with E-state index in [9.17, 15) is 0 Å². The monoisotopic (exact) mass is 261 g/mol. The van der Waals surface area contributed by atoms with Crippen LogP contribution in [0.2, 0.25) is 5.02 Å². The van der Waals surface area contributed by atoms with Crippen molar-refractivity contribution >= 4 is 17.4 Å². The summed E-state index contributed by atoms with van der Waals surface area (Å²) in [4.78, 5) is 4.13. The minimum Gasteiger partial charge on any atom is -0.455 e. The fourth-order valence-electron chi connectivity index (χ4n) is 1.49. The highest BCUT2D eigenvalue weighted by Crippen LogP contribution is 2.29. The summed E-state index contributed by atoms with van der Waals surface area (Å²) < 4.78 is 5.64. The summed E-state index contributed by atoms with van der Waals surface area (Å²) in [5.41, 5.74) is 6.79. The van der Waals surface area contributed by atoms with Crippen LogP contribution in [0.3, 0.4) is 0 Å². The second kappa shape index (κ2) is 5.06. The Morgan fingerprint density at radius 3 is 2.72 bits per heavy atom. The lowest BCUT2D eigenvalue weighted by Crippen LogP contribution is -2.13. The van der Waals surface area contributed by atoms with Gasteiger partial charge in [-0.3, -0.25) is 10.4 Å². The zero-order valence-electron chi connectivity index (χ0n) is 9.77. The van der Waals surface area contributed by atoms with Crippen LogP contribution in [0.25, 0.3) is 0 Å². The van der Waals surface area contributed by atoms with E-state index in [4.69, 9.17) is 27.5 Å². The van der Waals surface area contributed by atoms with Crippen LogP contribution in [0.15, 0.2) is 36.5 Å². The Bertz CT molecular complexity index is 581. The van der Waals surface area contributed by atoms with Gasteiger partial charge in [0.2, 0.25) is 0 Å². The van der Waals surface area contributed by atoms with Crippen molar-refractivity contribution < 1.29 is 4.74 Å². The van der Waals surface area contributed by atoms with Crippen LogP contribution < -0.4 is 10.5 Å². The van der Waals surface area contributed by atoms with Gasteiger partial charge in [-0.25, -0.2) is 0 Å². The summed E-state index contributed by atoms with van der Waals surface area (Å²) >= 11 is 6.00. The van der Waals surface area contributed by atoms with Crippen molar-refractivity contribution in [1.29, 1.82) is 5.41 Å². The fourth-order valence-corrected chi connectivity index (χ4v) is 1.76. The summed E-state index contributed by atoms with van der Waals surface area (Å²) in [5.74, 6) is 0.890. The van der Waals surface area contributed by atoms with Crippen LogP contribution in [-0.2, 0) is 0 Å². The lowest BCUT2D eigenvalue weighted by molar-refractivity contribution is 0.479. The number of aromatic nitrogens is 1. The van der Waals surface area contributed by atoms with Gasteiger partial charge in [-0.05, 0) is 31.2 Å². The minimum absolute atomic E-state index is 0.129. The van der Waals surface area contributed by atoms with Gasteiger partial charge in [0.05, 0.1) is 16.8 Å². The molecule has 4 nitrogen and oxygen atoms in total. The third-order valence-electron chi connectivity index (χ3n) is 2.36. The van der Waals surface area contributed by atoms with Gasteiger partial charge in [0.25, 0.3) is 0 Å². The van der Waals surface area contributed by atoms with Crippen molar-refractivity contribution in [3.05, 3.63) is 52.8 Å². The van der Waals surface area contributed by atoms with Crippen molar-refractivity contribution in [2.45, 2.75) is 6.92 Å². The number of nitrogens with two attached hydrogens (primary N) is 1. The van der Waals surface area contributed by atoms with Gasteiger partial charge < -0.3 is 10.5 Å². The minimum atomic E-state index is -0.129. The zero-order chi connectivity index (χ0) is 13.1. The third kappa shape index (κ3) is 2.60. The molecule has 3 N–H and O–H groups in total. The van der Waals surface area contributed by atoms with Gasteiger partial charge in [-0.2, -0.15) is 0 Å². The number of nitrogens with zero attached hydrogens (tertiary/aromatic N) is 1. The topological polar surface area (TPSA) is 72.0 Å². The Kier molecular flexibility index (Phi) is 3.48. The number of pyridine rings is 1. The number of hydrogen-bond acceptors (Lipinski definition) is 3. The first-order valence-corrected chi connectivity index (χ1v) is 5.69. The molecule has 1 heterocycles. The highest BCUT2D eigenvalue weighted by molar-refractivity contribution is 6.34. The molecule has 5 heteroatoms. The Labute approximate surface area is 110 Å². The van der Waals surface area contributed by atoms with Crippen molar-refractivity contribution in [2.75, 3.05) is 0 Å². The van der Waals surface area contributed by atoms with E-state index in [0.29, 0.717) is 22.1 Å². The molecule has 0 aliphatic heterocycles. The van der Waals surface area contributed by atoms with Crippen LogP contribution in [0, 0.1) is 12.3 Å². The third-order valence-corrected chi connectivity index (χ3v) is 2.67. The van der Waals surface area contributed by atoms with E-state index in [1.165, 1.54) is 0 Å². The summed E-state index contributed by atoms with van der Waals surface area (Å²) in [6.45, 7) is 1.89. The molecule has 0 radical (unpaired) electrons. The molecule has 2 aromatic rings. The number of aryl methyl sites for hydroxylation is 1. The first-order valence-electron chi connectivity index (χ1n) is 5.31. The molecule has 18 heavy (non-hydrogen) atoms. The number of benzene rings is 1. The molecule has 92 valence electrons. The van der Waals surface area contributed by atoms with Gasteiger partial charge in [-0.1, -0.05) is 17.7 Å². The van der Waals surface area contributed by atoms with Crippen LogP contribution in [0.5, 0.6) is 11.5 Å². The first-order chi connectivity index (χ1) is 8.58. The summed E-state index contributed by atoms with van der Waals surface area (Å²) in [7, 11) is 0. The molecule has 0 saturated carbocycles. The predicted octanol–water partition coefficient (Wildman–Crippen LogP) is 3.12. The largest absolute Gasteiger partial charge is 0.455 e. The molecule has 0 aliphatic rings. The van der Waals surface area contributed by atoms with Gasteiger partial charge >= 0.3 is 0 Å². The molecule has 0 unspecified atom stereocenters. The van der Waals surface area contributed by atoms with Crippen LogP contribution in [0.1, 0.15) is 11.3 Å². The maximum absolute atomic E-state index is 7.51. The van der Waals surface area contributed by atoms with E-state index in [1.807, 2.05) is 13.0 Å². The number of amidine groups is 1. The predicted molar refractivity (Wildman–Crippen MR) is 71.5 cm³/mol. The number of rotatable bonds is 3. The van der Waals surface area contributed by atoms with E-state index >= 15 is 0 Å². The van der Waals surface area contributed by atoms with E-state index < -0.39 is 0 Å². The fraction of sp³-hybridized carbons (Fsp3) is 0.0769. The summed E-state index contributed by atoms with van der Waals surface area (Å²) in [6, 6.07) is 8.76. The highest BCUT2D eigenvalue weighted by Gasteiger charge is 2.11. The number of hydrogen-bond donors (Lipinski definition) is 2. The molecule has 1 aromatic carbocycles. The summed E-state index contributed by atoms with van der Waals surface area (Å²) in [5, 5.41) is 7.90. The number of ether oxygens (including phenoxy) is 1. The smallest absolute Gasteiger partial charge is 0.145 e. The van der Waals surface area contributed by atoms with E-state index in [1.54, 1.807) is 30.5 Å². The maximum atomic E-state index is 7.51.